The molecule has 1 heterocycles. The van der Waals surface area contributed by atoms with Crippen LogP contribution in [0.3, 0.4) is 0 Å². The van der Waals surface area contributed by atoms with E-state index >= 15 is 0 Å². The van der Waals surface area contributed by atoms with Crippen molar-refractivity contribution in [2.75, 3.05) is 6.61 Å². The van der Waals surface area contributed by atoms with Gasteiger partial charge in [-0.15, -0.1) is 0 Å². The SMILES string of the molecule is N#CC1(NC2CCCCCC2)COCc2ccccc21. The Morgan fingerprint density at radius 1 is 1.15 bits per heavy atom. The number of hydrogen-bond acceptors (Lipinski definition) is 3. The molecule has 106 valence electrons. The van der Waals surface area contributed by atoms with Gasteiger partial charge in [0.15, 0.2) is 5.54 Å². The first-order valence-electron chi connectivity index (χ1n) is 7.69. The van der Waals surface area contributed by atoms with Gasteiger partial charge in [0.2, 0.25) is 0 Å². The standard InChI is InChI=1S/C17H22N2O/c18-12-17(19-15-8-3-1-2-4-9-15)13-20-11-14-7-5-6-10-16(14)17/h5-7,10,15,19H,1-4,8-9,11,13H2. The molecule has 1 N–H and O–H groups in total. The van der Waals surface area contributed by atoms with E-state index in [-0.39, 0.29) is 0 Å². The normalized spacial score (nSPS) is 27.4. The number of nitrogens with zero attached hydrogens (tertiary/aromatic N) is 1. The van der Waals surface area contributed by atoms with Crippen molar-refractivity contribution in [1.82, 2.24) is 5.32 Å². The molecule has 3 rings (SSSR count). The van der Waals surface area contributed by atoms with E-state index in [0.29, 0.717) is 19.3 Å². The maximum Gasteiger partial charge on any atom is 0.156 e. The lowest BCUT2D eigenvalue weighted by molar-refractivity contribution is 0.0524. The molecule has 1 saturated carbocycles. The third-order valence-corrected chi connectivity index (χ3v) is 4.55. The first-order valence-corrected chi connectivity index (χ1v) is 7.69. The van der Waals surface area contributed by atoms with Crippen LogP contribution in [0.2, 0.25) is 0 Å². The molecule has 0 bridgehead atoms. The third kappa shape index (κ3) is 2.59. The van der Waals surface area contributed by atoms with Crippen molar-refractivity contribution in [2.24, 2.45) is 0 Å². The lowest BCUT2D eigenvalue weighted by Crippen LogP contribution is -2.52. The van der Waals surface area contributed by atoms with Gasteiger partial charge in [0, 0.05) is 6.04 Å². The largest absolute Gasteiger partial charge is 0.373 e. The molecule has 1 aromatic rings. The van der Waals surface area contributed by atoms with Crippen LogP contribution in [0.5, 0.6) is 0 Å². The summed E-state index contributed by atoms with van der Waals surface area (Å²) >= 11 is 0. The fourth-order valence-electron chi connectivity index (χ4n) is 3.47. The first kappa shape index (κ1) is 13.6. The van der Waals surface area contributed by atoms with Crippen LogP contribution in [-0.2, 0) is 16.9 Å². The summed E-state index contributed by atoms with van der Waals surface area (Å²) in [5.74, 6) is 0. The van der Waals surface area contributed by atoms with Gasteiger partial charge in [-0.2, -0.15) is 5.26 Å². The molecule has 1 atom stereocenters. The van der Waals surface area contributed by atoms with Gasteiger partial charge in [-0.25, -0.2) is 0 Å². The summed E-state index contributed by atoms with van der Waals surface area (Å²) in [5.41, 5.74) is 1.59. The van der Waals surface area contributed by atoms with Crippen LogP contribution in [0.4, 0.5) is 0 Å². The second-order valence-corrected chi connectivity index (χ2v) is 6.00. The van der Waals surface area contributed by atoms with Crippen LogP contribution in [0.25, 0.3) is 0 Å². The van der Waals surface area contributed by atoms with Crippen LogP contribution in [0, 0.1) is 11.3 Å². The van der Waals surface area contributed by atoms with E-state index in [9.17, 15) is 5.26 Å². The highest BCUT2D eigenvalue weighted by atomic mass is 16.5. The van der Waals surface area contributed by atoms with E-state index in [1.54, 1.807) is 0 Å². The summed E-state index contributed by atoms with van der Waals surface area (Å²) in [7, 11) is 0. The summed E-state index contributed by atoms with van der Waals surface area (Å²) in [6.45, 7) is 1.07. The number of ether oxygens (including phenoxy) is 1. The molecule has 0 spiro atoms. The van der Waals surface area contributed by atoms with Gasteiger partial charge < -0.3 is 4.74 Å². The fourth-order valence-corrected chi connectivity index (χ4v) is 3.47. The van der Waals surface area contributed by atoms with E-state index in [0.717, 1.165) is 11.1 Å². The Morgan fingerprint density at radius 2 is 1.90 bits per heavy atom. The van der Waals surface area contributed by atoms with Crippen molar-refractivity contribution in [3.8, 4) is 6.07 Å². The van der Waals surface area contributed by atoms with E-state index < -0.39 is 5.54 Å². The Hall–Kier alpha value is -1.37. The van der Waals surface area contributed by atoms with E-state index in [1.807, 2.05) is 12.1 Å². The monoisotopic (exact) mass is 270 g/mol. The maximum atomic E-state index is 9.80. The molecule has 1 aliphatic heterocycles. The van der Waals surface area contributed by atoms with Crippen molar-refractivity contribution < 1.29 is 4.74 Å². The third-order valence-electron chi connectivity index (χ3n) is 4.55. The minimum Gasteiger partial charge on any atom is -0.373 e. The molecule has 1 unspecified atom stereocenters. The number of nitriles is 1. The van der Waals surface area contributed by atoms with Crippen LogP contribution in [-0.4, -0.2) is 12.6 Å². The van der Waals surface area contributed by atoms with Crippen molar-refractivity contribution in [2.45, 2.75) is 56.7 Å². The molecule has 0 amide bonds. The zero-order valence-electron chi connectivity index (χ0n) is 11.9. The van der Waals surface area contributed by atoms with Gasteiger partial charge in [-0.1, -0.05) is 49.9 Å². The van der Waals surface area contributed by atoms with Gasteiger partial charge in [0.05, 0.1) is 19.3 Å². The zero-order valence-corrected chi connectivity index (χ0v) is 11.9. The quantitative estimate of drug-likeness (QED) is 0.839. The lowest BCUT2D eigenvalue weighted by Gasteiger charge is -2.37. The van der Waals surface area contributed by atoms with Crippen LogP contribution < -0.4 is 5.32 Å². The van der Waals surface area contributed by atoms with Crippen LogP contribution in [0.1, 0.15) is 49.7 Å². The Labute approximate surface area is 120 Å². The summed E-state index contributed by atoms with van der Waals surface area (Å²) in [5, 5.41) is 13.4. The number of fused-ring (bicyclic) bond motifs is 1. The van der Waals surface area contributed by atoms with Gasteiger partial charge in [-0.05, 0) is 24.0 Å². The number of nitrogens with one attached hydrogen (secondary N) is 1. The molecule has 3 nitrogen and oxygen atoms in total. The highest BCUT2D eigenvalue weighted by Gasteiger charge is 2.39. The smallest absolute Gasteiger partial charge is 0.156 e. The van der Waals surface area contributed by atoms with Crippen LogP contribution in [0.15, 0.2) is 24.3 Å². The van der Waals surface area contributed by atoms with Crippen molar-refractivity contribution in [3.05, 3.63) is 35.4 Å². The van der Waals surface area contributed by atoms with E-state index in [4.69, 9.17) is 4.74 Å². The van der Waals surface area contributed by atoms with Gasteiger partial charge in [-0.3, -0.25) is 5.32 Å². The summed E-state index contributed by atoms with van der Waals surface area (Å²) in [6.07, 6.45) is 7.52. The number of hydrogen-bond donors (Lipinski definition) is 1. The lowest BCUT2D eigenvalue weighted by atomic mass is 9.85. The van der Waals surface area contributed by atoms with Gasteiger partial charge >= 0.3 is 0 Å². The molecule has 0 radical (unpaired) electrons. The maximum absolute atomic E-state index is 9.80. The first-order chi connectivity index (χ1) is 9.84. The molecule has 1 aliphatic carbocycles. The summed E-state index contributed by atoms with van der Waals surface area (Å²) < 4.78 is 5.69. The average molecular weight is 270 g/mol. The molecule has 3 heteroatoms. The molecule has 0 saturated heterocycles. The summed E-state index contributed by atoms with van der Waals surface area (Å²) in [6, 6.07) is 11.1. The zero-order chi connectivity index (χ0) is 13.8. The second kappa shape index (κ2) is 5.95. The Morgan fingerprint density at radius 3 is 2.65 bits per heavy atom. The molecule has 1 fully saturated rings. The Kier molecular flexibility index (Phi) is 4.05. The Bertz CT molecular complexity index is 500. The molecular formula is C17H22N2O. The number of rotatable bonds is 2. The van der Waals surface area contributed by atoms with Gasteiger partial charge in [0.1, 0.15) is 0 Å². The van der Waals surface area contributed by atoms with Crippen molar-refractivity contribution in [1.29, 1.82) is 5.26 Å². The van der Waals surface area contributed by atoms with E-state index in [2.05, 4.69) is 23.5 Å². The molecular weight excluding hydrogens is 248 g/mol. The highest BCUT2D eigenvalue weighted by Crippen LogP contribution is 2.32. The predicted molar refractivity (Wildman–Crippen MR) is 78.0 cm³/mol. The molecule has 1 aromatic carbocycles. The molecule has 0 aromatic heterocycles. The van der Waals surface area contributed by atoms with Crippen molar-refractivity contribution >= 4 is 0 Å². The summed E-state index contributed by atoms with van der Waals surface area (Å²) in [4.78, 5) is 0. The topological polar surface area (TPSA) is 45.0 Å². The molecule has 2 aliphatic rings. The minimum absolute atomic E-state index is 0.437. The highest BCUT2D eigenvalue weighted by molar-refractivity contribution is 5.40. The number of benzene rings is 1. The predicted octanol–water partition coefficient (Wildman–Crippen LogP) is 3.25. The van der Waals surface area contributed by atoms with Crippen LogP contribution >= 0.6 is 0 Å². The van der Waals surface area contributed by atoms with Gasteiger partial charge in [0.25, 0.3) is 0 Å². The van der Waals surface area contributed by atoms with Crippen molar-refractivity contribution in [3.63, 3.8) is 0 Å². The average Bonchev–Trinajstić information content (AvgIpc) is 2.76. The Balaban J connectivity index is 1.87. The molecule has 20 heavy (non-hydrogen) atoms. The second-order valence-electron chi connectivity index (χ2n) is 6.00. The minimum atomic E-state index is -0.663. The van der Waals surface area contributed by atoms with E-state index in [1.165, 1.54) is 38.5 Å². The fraction of sp³-hybridized carbons (Fsp3) is 0.588.